The van der Waals surface area contributed by atoms with Crippen LogP contribution in [0.2, 0.25) is 0 Å². The highest BCUT2D eigenvalue weighted by atomic mass is 31.2. The summed E-state index contributed by atoms with van der Waals surface area (Å²) in [6, 6.07) is 0. The SMILES string of the molecule is CCCCCCCCCCCCCCCCCCOCC(CCP(=O)([O-])OCC[P+](C)(C)C)OC. The van der Waals surface area contributed by atoms with Gasteiger partial charge in [0.25, 0.3) is 0 Å². The zero-order chi connectivity index (χ0) is 26.3. The van der Waals surface area contributed by atoms with E-state index in [2.05, 4.69) is 26.9 Å². The molecule has 0 rings (SSSR count). The van der Waals surface area contributed by atoms with Gasteiger partial charge in [0.1, 0.15) is 7.60 Å². The molecule has 0 aliphatic rings. The molecule has 0 aliphatic carbocycles. The van der Waals surface area contributed by atoms with Crippen LogP contribution in [0.25, 0.3) is 0 Å². The van der Waals surface area contributed by atoms with Crippen molar-refractivity contribution in [2.24, 2.45) is 0 Å². The molecule has 35 heavy (non-hydrogen) atoms. The van der Waals surface area contributed by atoms with Gasteiger partial charge in [-0.2, -0.15) is 0 Å². The number of ether oxygens (including phenoxy) is 2. The minimum absolute atomic E-state index is 0.0104. The van der Waals surface area contributed by atoms with E-state index in [1.165, 1.54) is 96.3 Å². The average Bonchev–Trinajstić information content (AvgIpc) is 2.79. The zero-order valence-corrected chi connectivity index (χ0v) is 25.9. The fraction of sp³-hybridized carbons (Fsp3) is 1.00. The van der Waals surface area contributed by atoms with Gasteiger partial charge in [0.05, 0.1) is 25.5 Å². The highest BCUT2D eigenvalue weighted by Gasteiger charge is 2.19. The molecule has 0 heterocycles. The fourth-order valence-corrected chi connectivity index (χ4v) is 5.94. The molecule has 0 saturated heterocycles. The van der Waals surface area contributed by atoms with Crippen molar-refractivity contribution in [1.29, 1.82) is 0 Å². The van der Waals surface area contributed by atoms with Gasteiger partial charge in [0.15, 0.2) is 0 Å². The number of unbranched alkanes of at least 4 members (excludes halogenated alkanes) is 15. The lowest BCUT2D eigenvalue weighted by molar-refractivity contribution is -0.198. The van der Waals surface area contributed by atoms with E-state index in [0.717, 1.165) is 19.2 Å². The first kappa shape index (κ1) is 35.5. The van der Waals surface area contributed by atoms with Crippen LogP contribution in [0.3, 0.4) is 0 Å². The summed E-state index contributed by atoms with van der Waals surface area (Å²) in [5, 5.41) is 0. The molecule has 5 nitrogen and oxygen atoms in total. The van der Waals surface area contributed by atoms with Gasteiger partial charge in [-0.1, -0.05) is 103 Å². The predicted octanol–water partition coefficient (Wildman–Crippen LogP) is 8.15. The van der Waals surface area contributed by atoms with Crippen LogP contribution in [0.1, 0.15) is 116 Å². The second kappa shape index (κ2) is 23.6. The molecule has 2 unspecified atom stereocenters. The number of methoxy groups -OCH3 is 1. The van der Waals surface area contributed by atoms with Crippen molar-refractivity contribution < 1.29 is 23.5 Å². The first-order valence-electron chi connectivity index (χ1n) is 14.6. The third kappa shape index (κ3) is 27.4. The summed E-state index contributed by atoms with van der Waals surface area (Å²) in [6.45, 7) is 10.3. The van der Waals surface area contributed by atoms with Gasteiger partial charge >= 0.3 is 0 Å². The van der Waals surface area contributed by atoms with E-state index in [0.29, 0.717) is 19.6 Å². The van der Waals surface area contributed by atoms with Crippen molar-refractivity contribution >= 4 is 14.9 Å². The van der Waals surface area contributed by atoms with E-state index in [4.69, 9.17) is 14.0 Å². The van der Waals surface area contributed by atoms with Crippen LogP contribution in [0.15, 0.2) is 0 Å². The monoisotopic (exact) mass is 538 g/mol. The second-order valence-electron chi connectivity index (χ2n) is 11.2. The van der Waals surface area contributed by atoms with Crippen LogP contribution in [0.4, 0.5) is 0 Å². The Morgan fingerprint density at radius 1 is 0.743 bits per heavy atom. The lowest BCUT2D eigenvalue weighted by atomic mass is 10.0. The summed E-state index contributed by atoms with van der Waals surface area (Å²) in [7, 11) is -3.20. The summed E-state index contributed by atoms with van der Waals surface area (Å²) < 4.78 is 28.4. The molecule has 0 radical (unpaired) electrons. The summed E-state index contributed by atoms with van der Waals surface area (Å²) in [4.78, 5) is 12.1. The standard InChI is InChI=1S/C28H60O5P2/c1-6-7-8-9-10-11-12-13-14-15-16-17-18-19-20-21-23-32-27-28(31-2)22-25-35(29,30)33-24-26-34(3,4)5/h28H,6-27H2,1-5H3. The number of hydrogen-bond acceptors (Lipinski definition) is 5. The summed E-state index contributed by atoms with van der Waals surface area (Å²) in [6.07, 6.45) is 22.8. The molecule has 0 N–H and O–H groups in total. The topological polar surface area (TPSA) is 67.8 Å². The quantitative estimate of drug-likeness (QED) is 0.0780. The third-order valence-corrected chi connectivity index (χ3v) is 9.46. The molecule has 0 spiro atoms. The lowest BCUT2D eigenvalue weighted by Gasteiger charge is -2.26. The molecular formula is C28H60O5P2. The molecule has 0 aromatic carbocycles. The van der Waals surface area contributed by atoms with Crippen molar-refractivity contribution in [3.63, 3.8) is 0 Å². The van der Waals surface area contributed by atoms with Crippen molar-refractivity contribution in [3.8, 4) is 0 Å². The Bertz CT molecular complexity index is 496. The molecule has 0 aromatic heterocycles. The maximum atomic E-state index is 12.1. The van der Waals surface area contributed by atoms with E-state index in [-0.39, 0.29) is 12.3 Å². The van der Waals surface area contributed by atoms with Gasteiger partial charge in [-0.3, -0.25) is 0 Å². The van der Waals surface area contributed by atoms with Crippen LogP contribution in [-0.4, -0.2) is 65.4 Å². The van der Waals surface area contributed by atoms with Crippen molar-refractivity contribution in [3.05, 3.63) is 0 Å². The Morgan fingerprint density at radius 3 is 1.63 bits per heavy atom. The summed E-state index contributed by atoms with van der Waals surface area (Å²) >= 11 is 0. The number of rotatable bonds is 27. The Labute approximate surface area is 219 Å². The molecule has 0 bridgehead atoms. The highest BCUT2D eigenvalue weighted by Crippen LogP contribution is 2.47. The predicted molar refractivity (Wildman–Crippen MR) is 154 cm³/mol. The molecule has 212 valence electrons. The van der Waals surface area contributed by atoms with Crippen molar-refractivity contribution in [2.75, 3.05) is 59.2 Å². The van der Waals surface area contributed by atoms with E-state index in [1.54, 1.807) is 7.11 Å². The Morgan fingerprint density at radius 2 is 1.20 bits per heavy atom. The van der Waals surface area contributed by atoms with Crippen molar-refractivity contribution in [1.82, 2.24) is 0 Å². The summed E-state index contributed by atoms with van der Waals surface area (Å²) in [5.74, 6) is 0. The summed E-state index contributed by atoms with van der Waals surface area (Å²) in [5.41, 5.74) is 0. The van der Waals surface area contributed by atoms with Gasteiger partial charge < -0.3 is 23.5 Å². The average molecular weight is 539 g/mol. The van der Waals surface area contributed by atoms with E-state index >= 15 is 0 Å². The van der Waals surface area contributed by atoms with Crippen LogP contribution >= 0.6 is 14.9 Å². The van der Waals surface area contributed by atoms with Gasteiger partial charge in [-0.05, 0) is 12.8 Å². The van der Waals surface area contributed by atoms with E-state index < -0.39 is 14.9 Å². The normalized spacial score (nSPS) is 14.8. The van der Waals surface area contributed by atoms with Gasteiger partial charge in [0, 0.05) is 47.1 Å². The van der Waals surface area contributed by atoms with E-state index in [1.807, 2.05) is 0 Å². The molecule has 0 saturated carbocycles. The maximum Gasteiger partial charge on any atom is 0.135 e. The van der Waals surface area contributed by atoms with Gasteiger partial charge in [0.2, 0.25) is 0 Å². The Kier molecular flexibility index (Phi) is 23.9. The van der Waals surface area contributed by atoms with Crippen LogP contribution in [-0.2, 0) is 18.6 Å². The minimum atomic E-state index is -3.79. The molecule has 2 atom stereocenters. The Hall–Kier alpha value is 0.500. The molecule has 0 aromatic rings. The zero-order valence-electron chi connectivity index (χ0n) is 24.1. The van der Waals surface area contributed by atoms with Gasteiger partial charge in [-0.15, -0.1) is 0 Å². The van der Waals surface area contributed by atoms with Crippen molar-refractivity contribution in [2.45, 2.75) is 122 Å². The number of hydrogen-bond donors (Lipinski definition) is 0. The minimum Gasteiger partial charge on any atom is -0.778 e. The van der Waals surface area contributed by atoms with Crippen LogP contribution in [0.5, 0.6) is 0 Å². The second-order valence-corrected chi connectivity index (χ2v) is 18.2. The molecule has 7 heteroatoms. The molecule has 0 aliphatic heterocycles. The highest BCUT2D eigenvalue weighted by molar-refractivity contribution is 7.73. The fourth-order valence-electron chi connectivity index (χ4n) is 4.06. The molecular weight excluding hydrogens is 478 g/mol. The van der Waals surface area contributed by atoms with Crippen LogP contribution in [0, 0.1) is 0 Å². The molecule has 0 amide bonds. The first-order chi connectivity index (χ1) is 16.7. The van der Waals surface area contributed by atoms with Gasteiger partial charge in [-0.25, -0.2) is 0 Å². The maximum absolute atomic E-state index is 12.1. The third-order valence-electron chi connectivity index (χ3n) is 6.55. The molecule has 0 fully saturated rings. The smallest absolute Gasteiger partial charge is 0.135 e. The largest absolute Gasteiger partial charge is 0.778 e. The van der Waals surface area contributed by atoms with E-state index in [9.17, 15) is 9.46 Å². The Balaban J connectivity index is 3.49. The first-order valence-corrected chi connectivity index (χ1v) is 19.6. The van der Waals surface area contributed by atoms with Crippen LogP contribution < -0.4 is 4.89 Å². The lowest BCUT2D eigenvalue weighted by Crippen LogP contribution is -2.22.